The van der Waals surface area contributed by atoms with Gasteiger partial charge in [-0.15, -0.1) is 10.2 Å². The average Bonchev–Trinajstić information content (AvgIpc) is 3.27. The minimum absolute atomic E-state index is 0.0733. The minimum atomic E-state index is -0.0905. The SMILES string of the molecule is COc1ccc(-n2c(SCC(=O)Nc3ccccc3C(C)(C)C)nnc2-c2ccccc2)cc1. The smallest absolute Gasteiger partial charge is 0.234 e. The van der Waals surface area contributed by atoms with Crippen molar-refractivity contribution < 1.29 is 9.53 Å². The van der Waals surface area contributed by atoms with Gasteiger partial charge in [0.25, 0.3) is 0 Å². The Kier molecular flexibility index (Phi) is 7.03. The third kappa shape index (κ3) is 5.31. The number of rotatable bonds is 7. The van der Waals surface area contributed by atoms with Gasteiger partial charge in [-0.05, 0) is 41.3 Å². The molecule has 0 radical (unpaired) electrons. The van der Waals surface area contributed by atoms with Crippen LogP contribution < -0.4 is 10.1 Å². The van der Waals surface area contributed by atoms with E-state index in [0.29, 0.717) is 11.0 Å². The summed E-state index contributed by atoms with van der Waals surface area (Å²) in [4.78, 5) is 12.9. The number of carbonyl (C=O) groups excluding carboxylic acids is 1. The van der Waals surface area contributed by atoms with E-state index in [-0.39, 0.29) is 17.1 Å². The topological polar surface area (TPSA) is 69.0 Å². The number of carbonyl (C=O) groups is 1. The van der Waals surface area contributed by atoms with E-state index in [1.165, 1.54) is 11.8 Å². The second kappa shape index (κ2) is 10.1. The van der Waals surface area contributed by atoms with E-state index in [1.807, 2.05) is 77.4 Å². The molecular weight excluding hydrogens is 444 g/mol. The van der Waals surface area contributed by atoms with Gasteiger partial charge < -0.3 is 10.1 Å². The Morgan fingerprint density at radius 1 is 0.941 bits per heavy atom. The highest BCUT2D eigenvalue weighted by Crippen LogP contribution is 2.31. The number of methoxy groups -OCH3 is 1. The molecule has 0 saturated carbocycles. The highest BCUT2D eigenvalue weighted by Gasteiger charge is 2.20. The van der Waals surface area contributed by atoms with Gasteiger partial charge in [0.15, 0.2) is 11.0 Å². The van der Waals surface area contributed by atoms with Gasteiger partial charge in [-0.3, -0.25) is 9.36 Å². The van der Waals surface area contributed by atoms with Crippen LogP contribution in [0.2, 0.25) is 0 Å². The summed E-state index contributed by atoms with van der Waals surface area (Å²) in [5.74, 6) is 1.60. The zero-order valence-electron chi connectivity index (χ0n) is 19.8. The predicted octanol–water partition coefficient (Wildman–Crippen LogP) is 5.97. The van der Waals surface area contributed by atoms with Crippen LogP contribution in [0.5, 0.6) is 5.75 Å². The van der Waals surface area contributed by atoms with Crippen LogP contribution in [-0.2, 0) is 10.2 Å². The quantitative estimate of drug-likeness (QED) is 0.336. The van der Waals surface area contributed by atoms with Crippen LogP contribution in [0.25, 0.3) is 17.1 Å². The van der Waals surface area contributed by atoms with Crippen molar-refractivity contribution in [2.24, 2.45) is 0 Å². The van der Waals surface area contributed by atoms with Crippen LogP contribution in [0.3, 0.4) is 0 Å². The van der Waals surface area contributed by atoms with Gasteiger partial charge in [-0.25, -0.2) is 0 Å². The van der Waals surface area contributed by atoms with Crippen molar-refractivity contribution in [2.45, 2.75) is 31.3 Å². The maximum atomic E-state index is 12.9. The summed E-state index contributed by atoms with van der Waals surface area (Å²) in [7, 11) is 1.64. The van der Waals surface area contributed by atoms with Gasteiger partial charge >= 0.3 is 0 Å². The molecule has 0 fully saturated rings. The summed E-state index contributed by atoms with van der Waals surface area (Å²) in [5, 5.41) is 12.6. The van der Waals surface area contributed by atoms with E-state index in [1.54, 1.807) is 7.11 Å². The number of anilines is 1. The first kappa shape index (κ1) is 23.6. The first-order chi connectivity index (χ1) is 16.4. The molecule has 1 aromatic heterocycles. The lowest BCUT2D eigenvalue weighted by molar-refractivity contribution is -0.113. The molecule has 0 bridgehead atoms. The van der Waals surface area contributed by atoms with Gasteiger partial charge in [-0.2, -0.15) is 0 Å². The number of nitrogens with one attached hydrogen (secondary N) is 1. The Hall–Kier alpha value is -3.58. The van der Waals surface area contributed by atoms with Gasteiger partial charge in [0.05, 0.1) is 12.9 Å². The Morgan fingerprint density at radius 3 is 2.29 bits per heavy atom. The van der Waals surface area contributed by atoms with Gasteiger partial charge in [0.1, 0.15) is 5.75 Å². The van der Waals surface area contributed by atoms with Crippen molar-refractivity contribution in [1.29, 1.82) is 0 Å². The average molecular weight is 473 g/mol. The fraction of sp³-hybridized carbons (Fsp3) is 0.222. The number of aromatic nitrogens is 3. The summed E-state index contributed by atoms with van der Waals surface area (Å²) in [6.45, 7) is 6.40. The maximum absolute atomic E-state index is 12.9. The lowest BCUT2D eigenvalue weighted by Gasteiger charge is -2.23. The minimum Gasteiger partial charge on any atom is -0.497 e. The van der Waals surface area contributed by atoms with Crippen molar-refractivity contribution >= 4 is 23.4 Å². The molecule has 0 aliphatic carbocycles. The zero-order chi connectivity index (χ0) is 24.1. The van der Waals surface area contributed by atoms with Crippen LogP contribution >= 0.6 is 11.8 Å². The monoisotopic (exact) mass is 472 g/mol. The molecule has 0 atom stereocenters. The first-order valence-electron chi connectivity index (χ1n) is 11.0. The number of ether oxygens (including phenoxy) is 1. The molecule has 174 valence electrons. The summed E-state index contributed by atoms with van der Waals surface area (Å²) >= 11 is 1.35. The molecule has 6 nitrogen and oxygen atoms in total. The molecule has 0 saturated heterocycles. The molecule has 7 heteroatoms. The predicted molar refractivity (Wildman–Crippen MR) is 138 cm³/mol. The molecular formula is C27H28N4O2S. The van der Waals surface area contributed by atoms with E-state index in [0.717, 1.165) is 28.3 Å². The highest BCUT2D eigenvalue weighted by atomic mass is 32.2. The number of hydrogen-bond acceptors (Lipinski definition) is 5. The van der Waals surface area contributed by atoms with E-state index in [2.05, 4.69) is 42.4 Å². The van der Waals surface area contributed by atoms with Crippen molar-refractivity contribution in [1.82, 2.24) is 14.8 Å². The van der Waals surface area contributed by atoms with Crippen molar-refractivity contribution in [2.75, 3.05) is 18.2 Å². The standard InChI is InChI=1S/C27H28N4O2S/c1-27(2,3)22-12-8-9-13-23(22)28-24(32)18-34-26-30-29-25(19-10-6-5-7-11-19)31(26)20-14-16-21(33-4)17-15-20/h5-17H,18H2,1-4H3,(H,28,32). The molecule has 3 aromatic carbocycles. The largest absolute Gasteiger partial charge is 0.497 e. The second-order valence-corrected chi connectivity index (χ2v) is 9.78. The van der Waals surface area contributed by atoms with Crippen LogP contribution in [0, 0.1) is 0 Å². The van der Waals surface area contributed by atoms with Crippen molar-refractivity contribution in [3.05, 3.63) is 84.4 Å². The first-order valence-corrected chi connectivity index (χ1v) is 12.0. The number of nitrogens with zero attached hydrogens (tertiary/aromatic N) is 3. The number of amides is 1. The number of thioether (sulfide) groups is 1. The van der Waals surface area contributed by atoms with Crippen LogP contribution in [0.4, 0.5) is 5.69 Å². The molecule has 0 spiro atoms. The Bertz CT molecular complexity index is 1260. The van der Waals surface area contributed by atoms with Gasteiger partial charge in [0.2, 0.25) is 5.91 Å². The molecule has 1 N–H and O–H groups in total. The Labute approximate surface area is 204 Å². The lowest BCUT2D eigenvalue weighted by atomic mass is 9.86. The zero-order valence-corrected chi connectivity index (χ0v) is 20.6. The molecule has 4 rings (SSSR count). The van der Waals surface area contributed by atoms with E-state index in [9.17, 15) is 4.79 Å². The molecule has 1 heterocycles. The second-order valence-electron chi connectivity index (χ2n) is 8.84. The molecule has 0 unspecified atom stereocenters. The summed E-state index contributed by atoms with van der Waals surface area (Å²) < 4.78 is 7.27. The normalized spacial score (nSPS) is 11.3. The number of para-hydroxylation sites is 1. The highest BCUT2D eigenvalue weighted by molar-refractivity contribution is 7.99. The molecule has 4 aromatic rings. The summed E-state index contributed by atoms with van der Waals surface area (Å²) in [6.07, 6.45) is 0. The molecule has 1 amide bonds. The van der Waals surface area contributed by atoms with Crippen LogP contribution in [0.15, 0.2) is 84.0 Å². The van der Waals surface area contributed by atoms with Gasteiger partial charge in [-0.1, -0.05) is 81.1 Å². The number of benzene rings is 3. The molecule has 0 aliphatic rings. The molecule has 0 aliphatic heterocycles. The molecule has 34 heavy (non-hydrogen) atoms. The fourth-order valence-corrected chi connectivity index (χ4v) is 4.42. The Balaban J connectivity index is 1.59. The van der Waals surface area contributed by atoms with E-state index >= 15 is 0 Å². The lowest BCUT2D eigenvalue weighted by Crippen LogP contribution is -2.20. The summed E-state index contributed by atoms with van der Waals surface area (Å²) in [5.41, 5.74) is 3.70. The van der Waals surface area contributed by atoms with Crippen LogP contribution in [0.1, 0.15) is 26.3 Å². The fourth-order valence-electron chi connectivity index (χ4n) is 3.66. The maximum Gasteiger partial charge on any atom is 0.234 e. The van der Waals surface area contributed by atoms with Crippen molar-refractivity contribution in [3.63, 3.8) is 0 Å². The van der Waals surface area contributed by atoms with Gasteiger partial charge in [0, 0.05) is 16.9 Å². The number of hydrogen-bond donors (Lipinski definition) is 1. The van der Waals surface area contributed by atoms with Crippen molar-refractivity contribution in [3.8, 4) is 22.8 Å². The Morgan fingerprint density at radius 2 is 1.62 bits per heavy atom. The summed E-state index contributed by atoms with van der Waals surface area (Å²) in [6, 6.07) is 25.5. The third-order valence-electron chi connectivity index (χ3n) is 5.34. The third-order valence-corrected chi connectivity index (χ3v) is 6.27. The van der Waals surface area contributed by atoms with E-state index in [4.69, 9.17) is 4.74 Å². The van der Waals surface area contributed by atoms with Crippen LogP contribution in [-0.4, -0.2) is 33.5 Å². The van der Waals surface area contributed by atoms with E-state index < -0.39 is 0 Å².